The van der Waals surface area contributed by atoms with E-state index in [1.54, 1.807) is 36.4 Å². The van der Waals surface area contributed by atoms with Crippen LogP contribution in [0.4, 0.5) is 0 Å². The third-order valence-corrected chi connectivity index (χ3v) is 7.30. The van der Waals surface area contributed by atoms with E-state index in [0.717, 1.165) is 0 Å². The number of fused-ring (bicyclic) bond motifs is 1. The second kappa shape index (κ2) is 13.6. The maximum atomic E-state index is 13.0. The highest BCUT2D eigenvalue weighted by Gasteiger charge is 2.22. The Kier molecular flexibility index (Phi) is 10.2. The minimum absolute atomic E-state index is 0.00513. The van der Waals surface area contributed by atoms with Crippen molar-refractivity contribution in [3.8, 4) is 11.5 Å². The summed E-state index contributed by atoms with van der Waals surface area (Å²) in [6.07, 6.45) is -4.40. The second-order valence-corrected chi connectivity index (χ2v) is 10.9. The molecule has 4 N–H and O–H groups in total. The first kappa shape index (κ1) is 31.4. The molecule has 0 radical (unpaired) electrons. The Morgan fingerprint density at radius 1 is 0.619 bits per heavy atom. The largest absolute Gasteiger partial charge is 0.422 e. The normalized spacial score (nSPS) is 14.2. The number of carbonyl (C=O) groups is 2. The highest BCUT2D eigenvalue weighted by atomic mass is 35.5. The number of aliphatic hydroxyl groups excluding tert-OH is 4. The molecular weight excluding hydrogens is 583 g/mol. The summed E-state index contributed by atoms with van der Waals surface area (Å²) >= 11 is 11.9. The maximum Gasteiger partial charge on any atom is 0.343 e. The number of hydrogen-bond donors (Lipinski definition) is 4. The lowest BCUT2D eigenvalue weighted by atomic mass is 9.91. The monoisotopic (exact) mass is 612 g/mol. The van der Waals surface area contributed by atoms with Gasteiger partial charge in [0.1, 0.15) is 11.5 Å². The Morgan fingerprint density at radius 2 is 0.952 bits per heavy atom. The quantitative estimate of drug-likeness (QED) is 0.143. The van der Waals surface area contributed by atoms with Crippen molar-refractivity contribution >= 4 is 45.9 Å². The lowest BCUT2D eigenvalue weighted by Gasteiger charge is -2.21. The number of ether oxygens (including phenoxy) is 2. The minimum Gasteiger partial charge on any atom is -0.422 e. The zero-order chi connectivity index (χ0) is 30.6. The van der Waals surface area contributed by atoms with E-state index in [-0.39, 0.29) is 35.5 Å². The van der Waals surface area contributed by atoms with Gasteiger partial charge in [0.15, 0.2) is 0 Å². The fourth-order valence-corrected chi connectivity index (χ4v) is 4.52. The molecule has 0 fully saturated rings. The van der Waals surface area contributed by atoms with Crippen molar-refractivity contribution in [1.29, 1.82) is 0 Å². The highest BCUT2D eigenvalue weighted by molar-refractivity contribution is 6.31. The van der Waals surface area contributed by atoms with Gasteiger partial charge in [-0.15, -0.1) is 0 Å². The molecule has 42 heavy (non-hydrogen) atoms. The number of hydrogen-bond acceptors (Lipinski definition) is 8. The molecule has 0 saturated carbocycles. The summed E-state index contributed by atoms with van der Waals surface area (Å²) in [5, 5.41) is 42.6. The molecule has 4 rings (SSSR count). The summed E-state index contributed by atoms with van der Waals surface area (Å²) in [7, 11) is 0. The molecule has 0 saturated heterocycles. The van der Waals surface area contributed by atoms with Gasteiger partial charge in [0.25, 0.3) is 0 Å². The Morgan fingerprint density at radius 3 is 1.26 bits per heavy atom. The molecule has 220 valence electrons. The van der Waals surface area contributed by atoms with Crippen LogP contribution in [0.3, 0.4) is 0 Å². The molecule has 0 aliphatic carbocycles. The third-order valence-electron chi connectivity index (χ3n) is 6.79. The average Bonchev–Trinajstić information content (AvgIpc) is 2.95. The number of carbonyl (C=O) groups excluding carboxylic acids is 2. The summed E-state index contributed by atoms with van der Waals surface area (Å²) in [4.78, 5) is 26.0. The van der Waals surface area contributed by atoms with E-state index in [9.17, 15) is 30.0 Å². The van der Waals surface area contributed by atoms with Gasteiger partial charge in [-0.1, -0.05) is 23.2 Å². The molecule has 0 heterocycles. The van der Waals surface area contributed by atoms with Crippen LogP contribution in [0.5, 0.6) is 11.5 Å². The van der Waals surface area contributed by atoms with E-state index in [4.69, 9.17) is 32.7 Å². The number of halogens is 2. The van der Waals surface area contributed by atoms with Crippen LogP contribution in [0, 0.1) is 0 Å². The van der Waals surface area contributed by atoms with Crippen LogP contribution >= 0.6 is 23.2 Å². The van der Waals surface area contributed by atoms with Crippen molar-refractivity contribution in [3.05, 3.63) is 105 Å². The Balaban J connectivity index is 1.84. The van der Waals surface area contributed by atoms with E-state index >= 15 is 0 Å². The fourth-order valence-electron chi connectivity index (χ4n) is 4.27. The van der Waals surface area contributed by atoms with Crippen molar-refractivity contribution < 1.29 is 39.5 Å². The van der Waals surface area contributed by atoms with Crippen molar-refractivity contribution in [2.24, 2.45) is 0 Å². The van der Waals surface area contributed by atoms with Crippen molar-refractivity contribution in [1.82, 2.24) is 0 Å². The highest BCUT2D eigenvalue weighted by Crippen LogP contribution is 2.37. The van der Waals surface area contributed by atoms with Crippen LogP contribution in [0.2, 0.25) is 10.0 Å². The van der Waals surface area contributed by atoms with E-state index in [1.165, 1.54) is 50.2 Å². The predicted octanol–water partition coefficient (Wildman–Crippen LogP) is 5.15. The van der Waals surface area contributed by atoms with Crippen molar-refractivity contribution in [3.63, 3.8) is 0 Å². The standard InChI is InChI=1S/C32H30Cl2O8/c1-17(35)27(37)15-21-13-25-26(14-22(21)16-28(38)18(2)36)30(42-32(40)20-5-9-24(34)10-6-20)12-11-29(25)41-31(39)19-3-7-23(33)8-4-19/h3-14,17-18,27-28,35-38H,15-16H2,1-2H3. The zero-order valence-electron chi connectivity index (χ0n) is 22.8. The fraction of sp³-hybridized carbons (Fsp3) is 0.250. The molecule has 0 bridgehead atoms. The molecule has 0 amide bonds. The van der Waals surface area contributed by atoms with E-state index in [0.29, 0.717) is 31.9 Å². The SMILES string of the molecule is CC(O)C(O)Cc1cc2c(OC(=O)c3ccc(Cl)cc3)ccc(OC(=O)c3ccc(Cl)cc3)c2cc1CC(O)C(C)O. The van der Waals surface area contributed by atoms with E-state index in [2.05, 4.69) is 0 Å². The predicted molar refractivity (Wildman–Crippen MR) is 160 cm³/mol. The molecule has 8 nitrogen and oxygen atoms in total. The molecule has 0 aliphatic heterocycles. The van der Waals surface area contributed by atoms with Gasteiger partial charge in [-0.2, -0.15) is 0 Å². The van der Waals surface area contributed by atoms with Gasteiger partial charge in [-0.05, 0) is 97.8 Å². The number of benzene rings is 4. The smallest absolute Gasteiger partial charge is 0.343 e. The molecule has 4 aromatic rings. The van der Waals surface area contributed by atoms with Gasteiger partial charge in [0.2, 0.25) is 0 Å². The van der Waals surface area contributed by atoms with Gasteiger partial charge >= 0.3 is 11.9 Å². The van der Waals surface area contributed by atoms with Crippen LogP contribution in [0.25, 0.3) is 10.8 Å². The molecule has 4 aromatic carbocycles. The van der Waals surface area contributed by atoms with Gasteiger partial charge in [-0.3, -0.25) is 0 Å². The summed E-state index contributed by atoms with van der Waals surface area (Å²) in [5.74, 6) is -1.02. The molecule has 0 spiro atoms. The molecule has 4 atom stereocenters. The van der Waals surface area contributed by atoms with Crippen molar-refractivity contribution in [2.75, 3.05) is 0 Å². The number of rotatable bonds is 10. The van der Waals surface area contributed by atoms with Crippen molar-refractivity contribution in [2.45, 2.75) is 51.1 Å². The van der Waals surface area contributed by atoms with E-state index in [1.807, 2.05) is 0 Å². The summed E-state index contributed by atoms with van der Waals surface area (Å²) in [5.41, 5.74) is 1.57. The number of aliphatic hydroxyl groups is 4. The van der Waals surface area contributed by atoms with Crippen LogP contribution in [0.15, 0.2) is 72.8 Å². The zero-order valence-corrected chi connectivity index (χ0v) is 24.3. The third kappa shape index (κ3) is 7.66. The topological polar surface area (TPSA) is 134 Å². The lowest BCUT2D eigenvalue weighted by Crippen LogP contribution is -2.28. The lowest BCUT2D eigenvalue weighted by molar-refractivity contribution is 0.0286. The van der Waals surface area contributed by atoms with Gasteiger partial charge in [0, 0.05) is 33.7 Å². The van der Waals surface area contributed by atoms with Gasteiger partial charge in [-0.25, -0.2) is 9.59 Å². The minimum atomic E-state index is -1.14. The van der Waals surface area contributed by atoms with Crippen LogP contribution in [-0.2, 0) is 12.8 Å². The molecule has 0 aromatic heterocycles. The molecular formula is C32H30Cl2O8. The number of esters is 2. The van der Waals surface area contributed by atoms with E-state index < -0.39 is 36.4 Å². The Hall–Kier alpha value is -3.50. The summed E-state index contributed by atoms with van der Waals surface area (Å²) in [6.45, 7) is 2.90. The average molecular weight is 613 g/mol. The van der Waals surface area contributed by atoms with Gasteiger partial charge in [0.05, 0.1) is 35.5 Å². The molecule has 4 unspecified atom stereocenters. The first-order valence-electron chi connectivity index (χ1n) is 13.2. The van der Waals surface area contributed by atoms with Crippen LogP contribution in [-0.4, -0.2) is 56.8 Å². The van der Waals surface area contributed by atoms with Crippen LogP contribution < -0.4 is 9.47 Å². The molecule has 0 aliphatic rings. The Bertz CT molecular complexity index is 1450. The summed E-state index contributed by atoms with van der Waals surface area (Å²) in [6, 6.07) is 18.6. The second-order valence-electron chi connectivity index (χ2n) is 10.0. The summed E-state index contributed by atoms with van der Waals surface area (Å²) < 4.78 is 11.5. The van der Waals surface area contributed by atoms with Crippen LogP contribution in [0.1, 0.15) is 45.7 Å². The first-order chi connectivity index (χ1) is 19.9. The maximum absolute atomic E-state index is 13.0. The van der Waals surface area contributed by atoms with Gasteiger partial charge < -0.3 is 29.9 Å². The Labute approximate surface area is 252 Å². The first-order valence-corrected chi connectivity index (χ1v) is 13.9. The molecule has 10 heteroatoms.